The molecule has 0 aliphatic heterocycles. The molecule has 3 heteroatoms. The molecule has 0 spiro atoms. The summed E-state index contributed by atoms with van der Waals surface area (Å²) >= 11 is 0. The van der Waals surface area contributed by atoms with Gasteiger partial charge in [-0.25, -0.2) is 0 Å². The Morgan fingerprint density at radius 3 is 2.59 bits per heavy atom. The van der Waals surface area contributed by atoms with Crippen LogP contribution in [-0.2, 0) is 4.79 Å². The summed E-state index contributed by atoms with van der Waals surface area (Å²) in [6.07, 6.45) is 9.03. The summed E-state index contributed by atoms with van der Waals surface area (Å²) in [7, 11) is 1.94. The van der Waals surface area contributed by atoms with E-state index in [2.05, 4.69) is 6.92 Å². The number of nitrogens with two attached hydrogens (primary N) is 1. The van der Waals surface area contributed by atoms with E-state index in [4.69, 9.17) is 5.73 Å². The van der Waals surface area contributed by atoms with Gasteiger partial charge in [0.05, 0.1) is 0 Å². The fourth-order valence-corrected chi connectivity index (χ4v) is 2.57. The molecule has 1 rings (SSSR count). The van der Waals surface area contributed by atoms with E-state index >= 15 is 0 Å². The van der Waals surface area contributed by atoms with Gasteiger partial charge in [0.1, 0.15) is 0 Å². The molecule has 1 unspecified atom stereocenters. The molecule has 3 nitrogen and oxygen atoms in total. The standard InChI is InChI=1S/C14H28N2O/c1-3-13(15)10-7-11-16(2)14(17)12-8-5-4-6-9-12/h12-13H,3-11,15H2,1-2H3. The van der Waals surface area contributed by atoms with Gasteiger partial charge in [0.2, 0.25) is 5.91 Å². The van der Waals surface area contributed by atoms with E-state index in [1.165, 1.54) is 19.3 Å². The van der Waals surface area contributed by atoms with E-state index in [1.54, 1.807) is 0 Å². The van der Waals surface area contributed by atoms with Crippen molar-refractivity contribution in [2.45, 2.75) is 64.3 Å². The second-order valence-corrected chi connectivity index (χ2v) is 5.41. The van der Waals surface area contributed by atoms with Crippen LogP contribution in [0.1, 0.15) is 58.3 Å². The predicted octanol–water partition coefficient (Wildman–Crippen LogP) is 2.54. The summed E-state index contributed by atoms with van der Waals surface area (Å²) in [4.78, 5) is 14.1. The van der Waals surface area contributed by atoms with Crippen molar-refractivity contribution in [3.8, 4) is 0 Å². The van der Waals surface area contributed by atoms with Crippen LogP contribution in [0.3, 0.4) is 0 Å². The lowest BCUT2D eigenvalue weighted by Gasteiger charge is -2.26. The first kappa shape index (κ1) is 14.5. The number of nitrogens with zero attached hydrogens (tertiary/aromatic N) is 1. The van der Waals surface area contributed by atoms with Crippen molar-refractivity contribution in [3.63, 3.8) is 0 Å². The van der Waals surface area contributed by atoms with Gasteiger partial charge in [0, 0.05) is 25.6 Å². The molecule has 0 aromatic carbocycles. The molecule has 0 bridgehead atoms. The number of rotatable bonds is 6. The quantitative estimate of drug-likeness (QED) is 0.775. The van der Waals surface area contributed by atoms with Crippen LogP contribution in [0.4, 0.5) is 0 Å². The van der Waals surface area contributed by atoms with Gasteiger partial charge in [-0.2, -0.15) is 0 Å². The van der Waals surface area contributed by atoms with Crippen LogP contribution in [0.5, 0.6) is 0 Å². The molecule has 0 aromatic heterocycles. The fourth-order valence-electron chi connectivity index (χ4n) is 2.57. The summed E-state index contributed by atoms with van der Waals surface area (Å²) in [5, 5.41) is 0. The average molecular weight is 240 g/mol. The van der Waals surface area contributed by atoms with Crippen molar-refractivity contribution >= 4 is 5.91 Å². The van der Waals surface area contributed by atoms with Crippen molar-refractivity contribution < 1.29 is 4.79 Å². The van der Waals surface area contributed by atoms with Crippen LogP contribution in [0, 0.1) is 5.92 Å². The van der Waals surface area contributed by atoms with Crippen LogP contribution in [0.2, 0.25) is 0 Å². The van der Waals surface area contributed by atoms with Crippen molar-refractivity contribution in [3.05, 3.63) is 0 Å². The SMILES string of the molecule is CCC(N)CCCN(C)C(=O)C1CCCCC1. The lowest BCUT2D eigenvalue weighted by atomic mass is 9.88. The summed E-state index contributed by atoms with van der Waals surface area (Å²) in [5.74, 6) is 0.656. The maximum absolute atomic E-state index is 12.1. The second-order valence-electron chi connectivity index (χ2n) is 5.41. The van der Waals surface area contributed by atoms with E-state index in [9.17, 15) is 4.79 Å². The maximum Gasteiger partial charge on any atom is 0.225 e. The molecule has 1 fully saturated rings. The van der Waals surface area contributed by atoms with Crippen LogP contribution >= 0.6 is 0 Å². The highest BCUT2D eigenvalue weighted by molar-refractivity contribution is 5.78. The third-order valence-electron chi connectivity index (χ3n) is 3.92. The van der Waals surface area contributed by atoms with E-state index in [0.29, 0.717) is 17.9 Å². The van der Waals surface area contributed by atoms with Crippen molar-refractivity contribution in [1.82, 2.24) is 4.90 Å². The minimum atomic E-state index is 0.299. The largest absolute Gasteiger partial charge is 0.346 e. The summed E-state index contributed by atoms with van der Waals surface area (Å²) < 4.78 is 0. The highest BCUT2D eigenvalue weighted by Crippen LogP contribution is 2.25. The second kappa shape index (κ2) is 7.70. The average Bonchev–Trinajstić information content (AvgIpc) is 2.38. The number of amides is 1. The zero-order chi connectivity index (χ0) is 12.7. The Hall–Kier alpha value is -0.570. The van der Waals surface area contributed by atoms with Gasteiger partial charge in [-0.1, -0.05) is 26.2 Å². The van der Waals surface area contributed by atoms with Crippen LogP contribution in [0.25, 0.3) is 0 Å². The Kier molecular flexibility index (Phi) is 6.56. The topological polar surface area (TPSA) is 46.3 Å². The summed E-state index contributed by atoms with van der Waals surface area (Å²) in [5.41, 5.74) is 5.87. The maximum atomic E-state index is 12.1. The van der Waals surface area contributed by atoms with Crippen molar-refractivity contribution in [1.29, 1.82) is 0 Å². The zero-order valence-corrected chi connectivity index (χ0v) is 11.5. The van der Waals surface area contributed by atoms with E-state index < -0.39 is 0 Å². The van der Waals surface area contributed by atoms with Crippen molar-refractivity contribution in [2.24, 2.45) is 11.7 Å². The first-order valence-electron chi connectivity index (χ1n) is 7.15. The molecule has 1 aliphatic rings. The molecule has 1 atom stereocenters. The van der Waals surface area contributed by atoms with Gasteiger partial charge < -0.3 is 10.6 Å². The minimum Gasteiger partial charge on any atom is -0.346 e. The smallest absolute Gasteiger partial charge is 0.225 e. The highest BCUT2D eigenvalue weighted by atomic mass is 16.2. The molecule has 0 radical (unpaired) electrons. The van der Waals surface area contributed by atoms with Gasteiger partial charge in [0.25, 0.3) is 0 Å². The number of hydrogen-bond donors (Lipinski definition) is 1. The Morgan fingerprint density at radius 1 is 1.35 bits per heavy atom. The van der Waals surface area contributed by atoms with Gasteiger partial charge in [-0.05, 0) is 32.1 Å². The van der Waals surface area contributed by atoms with Gasteiger partial charge in [-0.3, -0.25) is 4.79 Å². The molecule has 0 aromatic rings. The summed E-state index contributed by atoms with van der Waals surface area (Å²) in [6.45, 7) is 2.98. The van der Waals surface area contributed by atoms with E-state index in [0.717, 1.165) is 38.6 Å². The molecule has 0 heterocycles. The molecule has 2 N–H and O–H groups in total. The van der Waals surface area contributed by atoms with E-state index in [1.807, 2.05) is 11.9 Å². The Balaban J connectivity index is 2.21. The fraction of sp³-hybridized carbons (Fsp3) is 0.929. The van der Waals surface area contributed by atoms with Gasteiger partial charge in [-0.15, -0.1) is 0 Å². The first-order valence-corrected chi connectivity index (χ1v) is 7.15. The minimum absolute atomic E-state index is 0.299. The molecule has 1 saturated carbocycles. The lowest BCUT2D eigenvalue weighted by Crippen LogP contribution is -2.35. The third-order valence-corrected chi connectivity index (χ3v) is 3.92. The number of carbonyl (C=O) groups excluding carboxylic acids is 1. The number of hydrogen-bond acceptors (Lipinski definition) is 2. The molecule has 1 aliphatic carbocycles. The first-order chi connectivity index (χ1) is 8.15. The Morgan fingerprint density at radius 2 is 2.00 bits per heavy atom. The van der Waals surface area contributed by atoms with Crippen LogP contribution in [-0.4, -0.2) is 30.4 Å². The predicted molar refractivity (Wildman–Crippen MR) is 71.7 cm³/mol. The molecule has 100 valence electrons. The Labute approximate surface area is 106 Å². The van der Waals surface area contributed by atoms with Gasteiger partial charge >= 0.3 is 0 Å². The molecule has 0 saturated heterocycles. The van der Waals surface area contributed by atoms with Crippen LogP contribution in [0.15, 0.2) is 0 Å². The van der Waals surface area contributed by atoms with Crippen LogP contribution < -0.4 is 5.73 Å². The number of carbonyl (C=O) groups is 1. The summed E-state index contributed by atoms with van der Waals surface area (Å²) in [6, 6.07) is 0.299. The lowest BCUT2D eigenvalue weighted by molar-refractivity contribution is -0.135. The van der Waals surface area contributed by atoms with E-state index in [-0.39, 0.29) is 0 Å². The molecular weight excluding hydrogens is 212 g/mol. The molecule has 17 heavy (non-hydrogen) atoms. The van der Waals surface area contributed by atoms with Crippen molar-refractivity contribution in [2.75, 3.05) is 13.6 Å². The normalized spacial score (nSPS) is 19.0. The zero-order valence-electron chi connectivity index (χ0n) is 11.5. The highest BCUT2D eigenvalue weighted by Gasteiger charge is 2.23. The Bertz CT molecular complexity index is 224. The van der Waals surface area contributed by atoms with Gasteiger partial charge in [0.15, 0.2) is 0 Å². The monoisotopic (exact) mass is 240 g/mol. The third kappa shape index (κ3) is 5.07. The molecular formula is C14H28N2O. The molecule has 1 amide bonds.